The third-order valence-corrected chi connectivity index (χ3v) is 1.69. The molecule has 0 unspecified atom stereocenters. The highest BCUT2D eigenvalue weighted by Gasteiger charge is 2.10. The number of aliphatic hydroxyl groups excluding tert-OH is 1. The summed E-state index contributed by atoms with van der Waals surface area (Å²) < 4.78 is 0. The predicted molar refractivity (Wildman–Crippen MR) is 49.8 cm³/mol. The van der Waals surface area contributed by atoms with Gasteiger partial charge in [0.05, 0.1) is 0 Å². The Bertz CT molecular complexity index is 297. The summed E-state index contributed by atoms with van der Waals surface area (Å²) in [5.41, 5.74) is 0. The molecule has 0 aliphatic heterocycles. The van der Waals surface area contributed by atoms with Crippen molar-refractivity contribution in [3.05, 3.63) is 11.6 Å². The lowest BCUT2D eigenvalue weighted by atomic mass is 10.4. The highest BCUT2D eigenvalue weighted by Crippen LogP contribution is 1.93. The third kappa shape index (κ3) is 2.81. The number of aromatic amines is 1. The van der Waals surface area contributed by atoms with E-state index in [1.165, 1.54) is 0 Å². The van der Waals surface area contributed by atoms with Crippen LogP contribution in [-0.4, -0.2) is 39.3 Å². The van der Waals surface area contributed by atoms with E-state index in [0.717, 1.165) is 6.42 Å². The number of rotatable bonds is 5. The van der Waals surface area contributed by atoms with Gasteiger partial charge in [0.25, 0.3) is 5.91 Å². The Balaban J connectivity index is 2.44. The molecular weight excluding hydrogens is 184 g/mol. The van der Waals surface area contributed by atoms with Gasteiger partial charge in [0, 0.05) is 19.6 Å². The molecule has 3 N–H and O–H groups in total. The maximum Gasteiger partial charge on any atom is 0.290 e. The number of aryl methyl sites for hydroxylation is 1. The molecule has 1 aromatic rings. The van der Waals surface area contributed by atoms with E-state index in [2.05, 4.69) is 20.5 Å². The number of hydrogen-bond acceptors (Lipinski definition) is 4. The Morgan fingerprint density at radius 2 is 2.43 bits per heavy atom. The van der Waals surface area contributed by atoms with Crippen LogP contribution >= 0.6 is 0 Å². The zero-order valence-electron chi connectivity index (χ0n) is 8.08. The molecule has 1 amide bonds. The highest BCUT2D eigenvalue weighted by molar-refractivity contribution is 5.90. The SMILES string of the molecule is CCc1nc(C(=O)NCCCO)n[nH]1. The molecule has 0 saturated heterocycles. The first-order chi connectivity index (χ1) is 6.77. The average Bonchev–Trinajstić information content (AvgIpc) is 2.66. The lowest BCUT2D eigenvalue weighted by Crippen LogP contribution is -2.26. The number of nitrogens with one attached hydrogen (secondary N) is 2. The minimum Gasteiger partial charge on any atom is -0.396 e. The summed E-state index contributed by atoms with van der Waals surface area (Å²) in [5.74, 6) is 0.534. The first-order valence-electron chi connectivity index (χ1n) is 4.58. The minimum atomic E-state index is -0.311. The molecule has 1 rings (SSSR count). The molecule has 6 heteroatoms. The van der Waals surface area contributed by atoms with Crippen molar-refractivity contribution < 1.29 is 9.90 Å². The standard InChI is InChI=1S/C8H14N4O2/c1-2-6-10-7(12-11-6)8(14)9-4-3-5-13/h13H,2-5H2,1H3,(H,9,14)(H,10,11,12). The molecule has 0 atom stereocenters. The van der Waals surface area contributed by atoms with Gasteiger partial charge in [0.1, 0.15) is 5.82 Å². The lowest BCUT2D eigenvalue weighted by Gasteiger charge is -1.98. The van der Waals surface area contributed by atoms with Crippen molar-refractivity contribution in [2.45, 2.75) is 19.8 Å². The zero-order valence-corrected chi connectivity index (χ0v) is 8.08. The largest absolute Gasteiger partial charge is 0.396 e. The van der Waals surface area contributed by atoms with Crippen molar-refractivity contribution in [1.82, 2.24) is 20.5 Å². The monoisotopic (exact) mass is 198 g/mol. The maximum absolute atomic E-state index is 11.3. The molecule has 14 heavy (non-hydrogen) atoms. The molecule has 0 aliphatic carbocycles. The number of H-pyrrole nitrogens is 1. The number of carbonyl (C=O) groups excluding carboxylic acids is 1. The molecule has 0 saturated carbocycles. The van der Waals surface area contributed by atoms with Crippen LogP contribution in [0.2, 0.25) is 0 Å². The summed E-state index contributed by atoms with van der Waals surface area (Å²) in [6.07, 6.45) is 1.26. The van der Waals surface area contributed by atoms with Crippen LogP contribution in [0.3, 0.4) is 0 Å². The van der Waals surface area contributed by atoms with E-state index >= 15 is 0 Å². The lowest BCUT2D eigenvalue weighted by molar-refractivity contribution is 0.0941. The van der Waals surface area contributed by atoms with Gasteiger partial charge in [-0.2, -0.15) is 0 Å². The van der Waals surface area contributed by atoms with E-state index < -0.39 is 0 Å². The van der Waals surface area contributed by atoms with E-state index in [9.17, 15) is 4.79 Å². The van der Waals surface area contributed by atoms with Crippen LogP contribution in [-0.2, 0) is 6.42 Å². The van der Waals surface area contributed by atoms with Gasteiger partial charge in [-0.1, -0.05) is 6.92 Å². The quantitative estimate of drug-likeness (QED) is 0.555. The van der Waals surface area contributed by atoms with Crippen LogP contribution in [0.15, 0.2) is 0 Å². The molecule has 1 heterocycles. The Kier molecular flexibility index (Phi) is 4.06. The van der Waals surface area contributed by atoms with Crippen molar-refractivity contribution in [3.8, 4) is 0 Å². The zero-order chi connectivity index (χ0) is 10.4. The second-order valence-corrected chi connectivity index (χ2v) is 2.79. The Morgan fingerprint density at radius 1 is 1.64 bits per heavy atom. The van der Waals surface area contributed by atoms with Crippen LogP contribution < -0.4 is 5.32 Å². The molecule has 0 fully saturated rings. The van der Waals surface area contributed by atoms with Crippen molar-refractivity contribution >= 4 is 5.91 Å². The fraction of sp³-hybridized carbons (Fsp3) is 0.625. The van der Waals surface area contributed by atoms with Crippen molar-refractivity contribution in [1.29, 1.82) is 0 Å². The van der Waals surface area contributed by atoms with E-state index in [4.69, 9.17) is 5.11 Å². The van der Waals surface area contributed by atoms with Crippen LogP contribution in [0.5, 0.6) is 0 Å². The maximum atomic E-state index is 11.3. The third-order valence-electron chi connectivity index (χ3n) is 1.69. The summed E-state index contributed by atoms with van der Waals surface area (Å²) in [5, 5.41) is 17.5. The van der Waals surface area contributed by atoms with E-state index in [0.29, 0.717) is 18.8 Å². The van der Waals surface area contributed by atoms with Gasteiger partial charge < -0.3 is 10.4 Å². The Morgan fingerprint density at radius 3 is 3.00 bits per heavy atom. The molecular formula is C8H14N4O2. The number of aromatic nitrogens is 3. The second kappa shape index (κ2) is 5.33. The molecule has 78 valence electrons. The smallest absolute Gasteiger partial charge is 0.290 e. The normalized spacial score (nSPS) is 10.1. The number of nitrogens with zero attached hydrogens (tertiary/aromatic N) is 2. The van der Waals surface area contributed by atoms with Gasteiger partial charge in [-0.25, -0.2) is 4.98 Å². The van der Waals surface area contributed by atoms with Gasteiger partial charge >= 0.3 is 0 Å². The number of amides is 1. The van der Waals surface area contributed by atoms with Crippen molar-refractivity contribution in [2.24, 2.45) is 0 Å². The number of hydrogen-bond donors (Lipinski definition) is 3. The fourth-order valence-corrected chi connectivity index (χ4v) is 0.915. The minimum absolute atomic E-state index is 0.0640. The summed E-state index contributed by atoms with van der Waals surface area (Å²) in [4.78, 5) is 15.3. The van der Waals surface area contributed by atoms with Crippen LogP contribution in [0, 0.1) is 0 Å². The Hall–Kier alpha value is -1.43. The van der Waals surface area contributed by atoms with Crippen LogP contribution in [0.4, 0.5) is 0 Å². The van der Waals surface area contributed by atoms with Crippen LogP contribution in [0.25, 0.3) is 0 Å². The summed E-state index contributed by atoms with van der Waals surface area (Å²) >= 11 is 0. The van der Waals surface area contributed by atoms with Crippen molar-refractivity contribution in [3.63, 3.8) is 0 Å². The van der Waals surface area contributed by atoms with E-state index in [1.807, 2.05) is 6.92 Å². The predicted octanol–water partition coefficient (Wildman–Crippen LogP) is -0.521. The van der Waals surface area contributed by atoms with Gasteiger partial charge in [0.2, 0.25) is 5.82 Å². The van der Waals surface area contributed by atoms with Gasteiger partial charge in [-0.3, -0.25) is 9.89 Å². The fourth-order valence-electron chi connectivity index (χ4n) is 0.915. The molecule has 6 nitrogen and oxygen atoms in total. The Labute approximate surface area is 81.7 Å². The first kappa shape index (κ1) is 10.6. The summed E-state index contributed by atoms with van der Waals surface area (Å²) in [7, 11) is 0. The van der Waals surface area contributed by atoms with Crippen molar-refractivity contribution in [2.75, 3.05) is 13.2 Å². The summed E-state index contributed by atoms with van der Waals surface area (Å²) in [6, 6.07) is 0. The molecule has 0 bridgehead atoms. The second-order valence-electron chi connectivity index (χ2n) is 2.79. The topological polar surface area (TPSA) is 90.9 Å². The first-order valence-corrected chi connectivity index (χ1v) is 4.58. The van der Waals surface area contributed by atoms with E-state index in [-0.39, 0.29) is 18.3 Å². The van der Waals surface area contributed by atoms with Gasteiger partial charge in [0.15, 0.2) is 0 Å². The number of aliphatic hydroxyl groups is 1. The molecule has 0 radical (unpaired) electrons. The molecule has 0 spiro atoms. The average molecular weight is 198 g/mol. The van der Waals surface area contributed by atoms with Crippen LogP contribution in [0.1, 0.15) is 29.8 Å². The van der Waals surface area contributed by atoms with Gasteiger partial charge in [-0.15, -0.1) is 5.10 Å². The summed E-state index contributed by atoms with van der Waals surface area (Å²) in [6.45, 7) is 2.42. The number of carbonyl (C=O) groups is 1. The molecule has 1 aromatic heterocycles. The molecule has 0 aromatic carbocycles. The highest BCUT2D eigenvalue weighted by atomic mass is 16.3. The van der Waals surface area contributed by atoms with E-state index in [1.54, 1.807) is 0 Å². The van der Waals surface area contributed by atoms with Gasteiger partial charge in [-0.05, 0) is 6.42 Å². The molecule has 0 aliphatic rings.